The van der Waals surface area contributed by atoms with Gasteiger partial charge in [-0.25, -0.2) is 0 Å². The molecule has 2 heteroatoms. The topological polar surface area (TPSA) is 29.5 Å². The molecule has 0 aliphatic rings. The maximum absolute atomic E-state index is 9.41. The minimum absolute atomic E-state index is 0.212. The summed E-state index contributed by atoms with van der Waals surface area (Å²) in [6, 6.07) is 6.14. The Balaban J connectivity index is 2.89. The van der Waals surface area contributed by atoms with Crippen molar-refractivity contribution in [2.75, 3.05) is 13.7 Å². The Kier molecular flexibility index (Phi) is 4.81. The van der Waals surface area contributed by atoms with Gasteiger partial charge in [0.1, 0.15) is 5.75 Å². The highest BCUT2D eigenvalue weighted by atomic mass is 16.5. The minimum Gasteiger partial charge on any atom is -0.496 e. The van der Waals surface area contributed by atoms with Gasteiger partial charge in [0, 0.05) is 12.5 Å². The van der Waals surface area contributed by atoms with E-state index in [-0.39, 0.29) is 12.5 Å². The van der Waals surface area contributed by atoms with Crippen LogP contribution in [0.25, 0.3) is 0 Å². The summed E-state index contributed by atoms with van der Waals surface area (Å²) in [4.78, 5) is 0. The van der Waals surface area contributed by atoms with Crippen molar-refractivity contribution in [3.8, 4) is 5.75 Å². The van der Waals surface area contributed by atoms with E-state index >= 15 is 0 Å². The van der Waals surface area contributed by atoms with Crippen LogP contribution in [0, 0.1) is 12.8 Å². The molecule has 0 bridgehead atoms. The minimum atomic E-state index is 0.212. The van der Waals surface area contributed by atoms with Crippen molar-refractivity contribution >= 4 is 0 Å². The summed E-state index contributed by atoms with van der Waals surface area (Å²) in [5, 5.41) is 9.41. The first-order valence-corrected chi connectivity index (χ1v) is 5.83. The van der Waals surface area contributed by atoms with Crippen LogP contribution < -0.4 is 4.74 Å². The quantitative estimate of drug-likeness (QED) is 0.829. The first-order chi connectivity index (χ1) is 7.58. The molecule has 0 radical (unpaired) electrons. The predicted molar refractivity (Wildman–Crippen MR) is 67.0 cm³/mol. The van der Waals surface area contributed by atoms with Crippen LogP contribution in [-0.4, -0.2) is 18.8 Å². The van der Waals surface area contributed by atoms with Gasteiger partial charge in [0.15, 0.2) is 0 Å². The highest BCUT2D eigenvalue weighted by Crippen LogP contribution is 2.27. The fourth-order valence-electron chi connectivity index (χ4n) is 2.04. The molecule has 16 heavy (non-hydrogen) atoms. The van der Waals surface area contributed by atoms with E-state index in [0.717, 1.165) is 17.7 Å². The molecule has 0 heterocycles. The molecule has 0 saturated carbocycles. The molecule has 1 rings (SSSR count). The second-order valence-electron chi connectivity index (χ2n) is 4.74. The summed E-state index contributed by atoms with van der Waals surface area (Å²) < 4.78 is 5.23. The van der Waals surface area contributed by atoms with Crippen LogP contribution in [0.15, 0.2) is 18.2 Å². The Bertz CT molecular complexity index is 332. The fraction of sp³-hybridized carbons (Fsp3) is 0.571. The standard InChI is InChI=1S/C14H22O2/c1-10(2)7-13(9-15)12-5-6-14(16-4)11(3)8-12/h5-6,8,10,13,15H,7,9H2,1-4H3. The number of aliphatic hydroxyl groups excluding tert-OH is 1. The summed E-state index contributed by atoms with van der Waals surface area (Å²) in [7, 11) is 1.68. The number of methoxy groups -OCH3 is 1. The SMILES string of the molecule is COc1ccc(C(CO)CC(C)C)cc1C. The normalized spacial score (nSPS) is 12.9. The van der Waals surface area contributed by atoms with Crippen LogP contribution in [0.4, 0.5) is 0 Å². The Morgan fingerprint density at radius 3 is 2.44 bits per heavy atom. The lowest BCUT2D eigenvalue weighted by atomic mass is 9.90. The van der Waals surface area contributed by atoms with Crippen molar-refractivity contribution in [3.05, 3.63) is 29.3 Å². The lowest BCUT2D eigenvalue weighted by Crippen LogP contribution is -2.08. The van der Waals surface area contributed by atoms with E-state index in [0.29, 0.717) is 5.92 Å². The molecule has 0 spiro atoms. The monoisotopic (exact) mass is 222 g/mol. The van der Waals surface area contributed by atoms with E-state index in [1.807, 2.05) is 13.0 Å². The van der Waals surface area contributed by atoms with E-state index in [4.69, 9.17) is 4.74 Å². The average Bonchev–Trinajstić information content (AvgIpc) is 2.25. The van der Waals surface area contributed by atoms with Gasteiger partial charge in [-0.1, -0.05) is 26.0 Å². The van der Waals surface area contributed by atoms with E-state index in [2.05, 4.69) is 26.0 Å². The largest absolute Gasteiger partial charge is 0.496 e. The second kappa shape index (κ2) is 5.90. The van der Waals surface area contributed by atoms with E-state index in [1.165, 1.54) is 5.56 Å². The zero-order chi connectivity index (χ0) is 12.1. The van der Waals surface area contributed by atoms with Crippen molar-refractivity contribution < 1.29 is 9.84 Å². The van der Waals surface area contributed by atoms with Gasteiger partial charge < -0.3 is 9.84 Å². The molecule has 1 atom stereocenters. The summed E-state index contributed by atoms with van der Waals surface area (Å²) in [5.41, 5.74) is 2.33. The number of aryl methyl sites for hydroxylation is 1. The molecule has 0 aromatic heterocycles. The van der Waals surface area contributed by atoms with Gasteiger partial charge in [0.25, 0.3) is 0 Å². The molecule has 0 saturated heterocycles. The first-order valence-electron chi connectivity index (χ1n) is 5.83. The average molecular weight is 222 g/mol. The maximum atomic E-state index is 9.41. The zero-order valence-corrected chi connectivity index (χ0v) is 10.7. The molecule has 2 nitrogen and oxygen atoms in total. The maximum Gasteiger partial charge on any atom is 0.121 e. The van der Waals surface area contributed by atoms with Crippen molar-refractivity contribution in [2.45, 2.75) is 33.1 Å². The van der Waals surface area contributed by atoms with Gasteiger partial charge in [0.2, 0.25) is 0 Å². The lowest BCUT2D eigenvalue weighted by Gasteiger charge is -2.18. The second-order valence-corrected chi connectivity index (χ2v) is 4.74. The Morgan fingerprint density at radius 2 is 2.00 bits per heavy atom. The molecule has 1 unspecified atom stereocenters. The van der Waals surface area contributed by atoms with Gasteiger partial charge >= 0.3 is 0 Å². The molecule has 90 valence electrons. The number of ether oxygens (including phenoxy) is 1. The molecule has 0 fully saturated rings. The number of hydrogen-bond acceptors (Lipinski definition) is 2. The van der Waals surface area contributed by atoms with Crippen molar-refractivity contribution in [3.63, 3.8) is 0 Å². The number of hydrogen-bond donors (Lipinski definition) is 1. The summed E-state index contributed by atoms with van der Waals surface area (Å²) in [5.74, 6) is 1.74. The summed E-state index contributed by atoms with van der Waals surface area (Å²) in [6.45, 7) is 6.61. The number of rotatable bonds is 5. The van der Waals surface area contributed by atoms with Gasteiger partial charge in [-0.15, -0.1) is 0 Å². The third kappa shape index (κ3) is 3.24. The van der Waals surface area contributed by atoms with Crippen LogP contribution in [-0.2, 0) is 0 Å². The number of benzene rings is 1. The van der Waals surface area contributed by atoms with Crippen molar-refractivity contribution in [1.29, 1.82) is 0 Å². The van der Waals surface area contributed by atoms with E-state index in [1.54, 1.807) is 7.11 Å². The summed E-state index contributed by atoms with van der Waals surface area (Å²) in [6.07, 6.45) is 1.02. The van der Waals surface area contributed by atoms with Crippen molar-refractivity contribution in [2.24, 2.45) is 5.92 Å². The van der Waals surface area contributed by atoms with Gasteiger partial charge in [-0.2, -0.15) is 0 Å². The van der Waals surface area contributed by atoms with Crippen LogP contribution >= 0.6 is 0 Å². The molecular formula is C14H22O2. The summed E-state index contributed by atoms with van der Waals surface area (Å²) >= 11 is 0. The van der Waals surface area contributed by atoms with E-state index in [9.17, 15) is 5.11 Å². The molecular weight excluding hydrogens is 200 g/mol. The van der Waals surface area contributed by atoms with Crippen LogP contribution in [0.3, 0.4) is 0 Å². The Labute approximate surface area is 98.3 Å². The Hall–Kier alpha value is -1.02. The van der Waals surface area contributed by atoms with Crippen LogP contribution in [0.1, 0.15) is 37.3 Å². The van der Waals surface area contributed by atoms with E-state index < -0.39 is 0 Å². The van der Waals surface area contributed by atoms with Crippen molar-refractivity contribution in [1.82, 2.24) is 0 Å². The highest BCUT2D eigenvalue weighted by molar-refractivity contribution is 5.37. The van der Waals surface area contributed by atoms with Gasteiger partial charge in [-0.05, 0) is 36.5 Å². The molecule has 0 amide bonds. The first kappa shape index (κ1) is 13.0. The smallest absolute Gasteiger partial charge is 0.121 e. The third-order valence-electron chi connectivity index (χ3n) is 2.87. The third-order valence-corrected chi connectivity index (χ3v) is 2.87. The molecule has 0 aliphatic carbocycles. The zero-order valence-electron chi connectivity index (χ0n) is 10.7. The molecule has 0 aliphatic heterocycles. The van der Waals surface area contributed by atoms with Crippen LogP contribution in [0.5, 0.6) is 5.75 Å². The van der Waals surface area contributed by atoms with Crippen LogP contribution in [0.2, 0.25) is 0 Å². The lowest BCUT2D eigenvalue weighted by molar-refractivity contribution is 0.248. The molecule has 1 aromatic rings. The molecule has 1 aromatic carbocycles. The van der Waals surface area contributed by atoms with Gasteiger partial charge in [0.05, 0.1) is 7.11 Å². The van der Waals surface area contributed by atoms with Gasteiger partial charge in [-0.3, -0.25) is 0 Å². The predicted octanol–water partition coefficient (Wildman–Crippen LogP) is 3.13. The highest BCUT2D eigenvalue weighted by Gasteiger charge is 2.13. The number of aliphatic hydroxyl groups is 1. The Morgan fingerprint density at radius 1 is 1.31 bits per heavy atom. The fourth-order valence-corrected chi connectivity index (χ4v) is 2.04. The molecule has 1 N–H and O–H groups in total.